The zero-order valence-corrected chi connectivity index (χ0v) is 33.7. The van der Waals surface area contributed by atoms with Gasteiger partial charge in [0.2, 0.25) is 0 Å². The quantitative estimate of drug-likeness (QED) is 0.162. The van der Waals surface area contributed by atoms with Crippen molar-refractivity contribution in [3.8, 4) is 33.4 Å². The Morgan fingerprint density at radius 3 is 1.36 bits per heavy atom. The van der Waals surface area contributed by atoms with Gasteiger partial charge in [-0.15, -0.1) is 34.0 Å². The van der Waals surface area contributed by atoms with Crippen LogP contribution in [-0.2, 0) is 0 Å². The van der Waals surface area contributed by atoms with Crippen molar-refractivity contribution in [2.24, 2.45) is 0 Å². The molecule has 3 aromatic heterocycles. The summed E-state index contributed by atoms with van der Waals surface area (Å²) in [5.74, 6) is 0. The van der Waals surface area contributed by atoms with E-state index >= 15 is 0 Å². The molecule has 0 bridgehead atoms. The highest BCUT2D eigenvalue weighted by Crippen LogP contribution is 2.47. The normalized spacial score (nSPS) is 11.8. The fourth-order valence-electron chi connectivity index (χ4n) is 8.73. The molecule has 3 heterocycles. The van der Waals surface area contributed by atoms with Crippen LogP contribution in [0, 0.1) is 0 Å². The molecule has 0 saturated carbocycles. The number of fused-ring (bicyclic) bond motifs is 10. The average Bonchev–Trinajstić information content (AvgIpc) is 3.99. The summed E-state index contributed by atoms with van der Waals surface area (Å²) in [5, 5.41) is 8.05. The second-order valence-electron chi connectivity index (χ2n) is 14.8. The molecule has 58 heavy (non-hydrogen) atoms. The topological polar surface area (TPSA) is 3.24 Å². The lowest BCUT2D eigenvalue weighted by atomic mass is 10.0. The minimum atomic E-state index is 1.12. The van der Waals surface area contributed by atoms with Gasteiger partial charge in [-0.1, -0.05) is 146 Å². The molecule has 0 aliphatic heterocycles. The van der Waals surface area contributed by atoms with Crippen molar-refractivity contribution >= 4 is 112 Å². The third kappa shape index (κ3) is 5.41. The third-order valence-corrected chi connectivity index (χ3v) is 15.1. The molecule has 0 aliphatic rings. The van der Waals surface area contributed by atoms with Crippen molar-refractivity contribution in [3.05, 3.63) is 200 Å². The smallest absolute Gasteiger partial charge is 0.0462 e. The number of hydrogen-bond acceptors (Lipinski definition) is 4. The van der Waals surface area contributed by atoms with E-state index in [2.05, 4.69) is 205 Å². The Morgan fingerprint density at radius 2 is 0.724 bits per heavy atom. The Hall–Kier alpha value is -6.56. The third-order valence-electron chi connectivity index (χ3n) is 11.5. The van der Waals surface area contributed by atoms with Crippen molar-refractivity contribution in [1.29, 1.82) is 0 Å². The van der Waals surface area contributed by atoms with Crippen LogP contribution in [-0.4, -0.2) is 0 Å². The lowest BCUT2D eigenvalue weighted by molar-refractivity contribution is 1.28. The second kappa shape index (κ2) is 13.5. The fourth-order valence-corrected chi connectivity index (χ4v) is 12.5. The summed E-state index contributed by atoms with van der Waals surface area (Å²) in [7, 11) is 0. The van der Waals surface area contributed by atoms with Crippen LogP contribution in [0.3, 0.4) is 0 Å². The van der Waals surface area contributed by atoms with E-state index in [-0.39, 0.29) is 0 Å². The molecule has 272 valence electrons. The van der Waals surface area contributed by atoms with E-state index < -0.39 is 0 Å². The zero-order valence-electron chi connectivity index (χ0n) is 31.2. The van der Waals surface area contributed by atoms with Gasteiger partial charge in [-0.25, -0.2) is 0 Å². The summed E-state index contributed by atoms with van der Waals surface area (Å²) in [6.45, 7) is 0. The van der Waals surface area contributed by atoms with Crippen LogP contribution in [0.2, 0.25) is 0 Å². The van der Waals surface area contributed by atoms with Crippen molar-refractivity contribution in [2.45, 2.75) is 0 Å². The number of rotatable bonds is 6. The van der Waals surface area contributed by atoms with Crippen molar-refractivity contribution < 1.29 is 0 Å². The van der Waals surface area contributed by atoms with Gasteiger partial charge < -0.3 is 4.90 Å². The van der Waals surface area contributed by atoms with Crippen molar-refractivity contribution in [1.82, 2.24) is 0 Å². The summed E-state index contributed by atoms with van der Waals surface area (Å²) in [6.07, 6.45) is 0. The van der Waals surface area contributed by atoms with E-state index in [1.165, 1.54) is 93.9 Å². The molecular formula is C54H33NS3. The average molecular weight is 792 g/mol. The van der Waals surface area contributed by atoms with Crippen LogP contribution in [0.5, 0.6) is 0 Å². The summed E-state index contributed by atoms with van der Waals surface area (Å²) in [6, 6.07) is 73.5. The Kier molecular flexibility index (Phi) is 7.83. The van der Waals surface area contributed by atoms with Crippen LogP contribution in [0.15, 0.2) is 200 Å². The predicted octanol–water partition coefficient (Wildman–Crippen LogP) is 17.3. The van der Waals surface area contributed by atoms with Gasteiger partial charge >= 0.3 is 0 Å². The lowest BCUT2D eigenvalue weighted by Crippen LogP contribution is -2.09. The van der Waals surface area contributed by atoms with E-state index in [0.717, 1.165) is 17.1 Å². The van der Waals surface area contributed by atoms with E-state index in [1.54, 1.807) is 0 Å². The first kappa shape index (κ1) is 33.6. The summed E-state index contributed by atoms with van der Waals surface area (Å²) < 4.78 is 8.08. The molecule has 12 rings (SSSR count). The Bertz CT molecular complexity index is 3480. The highest BCUT2D eigenvalue weighted by atomic mass is 32.1. The van der Waals surface area contributed by atoms with Crippen molar-refractivity contribution in [2.75, 3.05) is 4.90 Å². The maximum Gasteiger partial charge on any atom is 0.0462 e. The summed E-state index contributed by atoms with van der Waals surface area (Å²) >= 11 is 5.70. The molecule has 0 unspecified atom stereocenters. The first-order valence-corrected chi connectivity index (χ1v) is 22.0. The Balaban J connectivity index is 0.954. The van der Waals surface area contributed by atoms with E-state index in [4.69, 9.17) is 0 Å². The molecule has 0 N–H and O–H groups in total. The lowest BCUT2D eigenvalue weighted by Gasteiger charge is -2.26. The molecule has 0 fully saturated rings. The largest absolute Gasteiger partial charge is 0.311 e. The van der Waals surface area contributed by atoms with Crippen molar-refractivity contribution in [3.63, 3.8) is 0 Å². The van der Waals surface area contributed by atoms with Gasteiger partial charge in [0.05, 0.1) is 0 Å². The maximum atomic E-state index is 2.38. The monoisotopic (exact) mass is 791 g/mol. The molecule has 0 aliphatic carbocycles. The van der Waals surface area contributed by atoms with Crippen LogP contribution < -0.4 is 4.90 Å². The zero-order chi connectivity index (χ0) is 38.2. The van der Waals surface area contributed by atoms with Gasteiger partial charge in [-0.05, 0) is 88.0 Å². The van der Waals surface area contributed by atoms with E-state index in [1.807, 2.05) is 34.0 Å². The number of benzene rings is 9. The number of anilines is 3. The van der Waals surface area contributed by atoms with E-state index in [0.29, 0.717) is 0 Å². The maximum absolute atomic E-state index is 2.38. The van der Waals surface area contributed by atoms with Gasteiger partial charge in [0.15, 0.2) is 0 Å². The molecule has 1 nitrogen and oxygen atoms in total. The highest BCUT2D eigenvalue weighted by Gasteiger charge is 2.18. The van der Waals surface area contributed by atoms with Gasteiger partial charge in [0.25, 0.3) is 0 Å². The molecule has 0 spiro atoms. The number of hydrogen-bond donors (Lipinski definition) is 0. The summed E-state index contributed by atoms with van der Waals surface area (Å²) in [4.78, 5) is 2.38. The Labute approximate surface area is 347 Å². The minimum absolute atomic E-state index is 1.12. The summed E-state index contributed by atoms with van der Waals surface area (Å²) in [5.41, 5.74) is 10.8. The molecule has 4 heteroatoms. The molecular weight excluding hydrogens is 759 g/mol. The van der Waals surface area contributed by atoms with Crippen LogP contribution in [0.1, 0.15) is 0 Å². The van der Waals surface area contributed by atoms with Crippen LogP contribution in [0.25, 0.3) is 93.9 Å². The molecule has 0 radical (unpaired) electrons. The van der Waals surface area contributed by atoms with Gasteiger partial charge in [0.1, 0.15) is 0 Å². The predicted molar refractivity (Wildman–Crippen MR) is 256 cm³/mol. The van der Waals surface area contributed by atoms with Crippen LogP contribution >= 0.6 is 34.0 Å². The Morgan fingerprint density at radius 1 is 0.259 bits per heavy atom. The minimum Gasteiger partial charge on any atom is -0.311 e. The second-order valence-corrected chi connectivity index (χ2v) is 18.0. The molecule has 9 aromatic carbocycles. The number of nitrogens with zero attached hydrogens (tertiary/aromatic N) is 1. The molecule has 0 saturated heterocycles. The molecule has 12 aromatic rings. The first-order chi connectivity index (χ1) is 28.7. The molecule has 0 atom stereocenters. The highest BCUT2D eigenvalue weighted by molar-refractivity contribution is 7.30. The molecule has 0 amide bonds. The first-order valence-electron chi connectivity index (χ1n) is 19.6. The van der Waals surface area contributed by atoms with Gasteiger partial charge in [-0.3, -0.25) is 0 Å². The number of thiophene rings is 3. The standard InChI is InChI=1S/C54H33NS3/c1-2-10-34(11-3-1)35-20-26-38(27-21-35)55(39-28-22-36(23-29-39)41-14-8-16-44-43-12-4-6-18-48(43)57-52(41)44)40-30-24-37(25-31-40)42-15-9-17-45-46-32-33-50-51(54(46)58-53(42)45)47-13-5-7-19-49(47)56-50/h1-33H. The van der Waals surface area contributed by atoms with Crippen LogP contribution in [0.4, 0.5) is 17.1 Å². The fraction of sp³-hybridized carbons (Fsp3) is 0. The van der Waals surface area contributed by atoms with Gasteiger partial charge in [0, 0.05) is 77.6 Å². The van der Waals surface area contributed by atoms with Gasteiger partial charge in [-0.2, -0.15) is 0 Å². The van der Waals surface area contributed by atoms with E-state index in [9.17, 15) is 0 Å². The SMILES string of the molecule is c1ccc(-c2ccc(N(c3ccc(-c4cccc5c4sc4ccccc45)cc3)c3ccc(-c4cccc5c4sc4c5ccc5sc6ccccc6c54)cc3)cc2)cc1.